The first kappa shape index (κ1) is 16.6. The lowest BCUT2D eigenvalue weighted by Gasteiger charge is -2.16. The Morgan fingerprint density at radius 1 is 1.23 bits per heavy atom. The third kappa shape index (κ3) is 3.54. The lowest BCUT2D eigenvalue weighted by Crippen LogP contribution is -2.20. The Bertz CT molecular complexity index is 893. The zero-order valence-corrected chi connectivity index (χ0v) is 15.1. The smallest absolute Gasteiger partial charge is 0.199 e. The van der Waals surface area contributed by atoms with Crippen LogP contribution >= 0.6 is 0 Å². The monoisotopic (exact) mass is 350 g/mol. The van der Waals surface area contributed by atoms with Crippen molar-refractivity contribution in [3.63, 3.8) is 0 Å². The van der Waals surface area contributed by atoms with Gasteiger partial charge in [-0.15, -0.1) is 0 Å². The molecule has 0 amide bonds. The summed E-state index contributed by atoms with van der Waals surface area (Å²) in [7, 11) is 1.68. The van der Waals surface area contributed by atoms with Gasteiger partial charge in [-0.25, -0.2) is 15.0 Å². The second kappa shape index (κ2) is 7.15. The number of methoxy groups -OCH3 is 1. The van der Waals surface area contributed by atoms with Gasteiger partial charge in [0, 0.05) is 31.3 Å². The van der Waals surface area contributed by atoms with E-state index in [1.807, 2.05) is 37.4 Å². The van der Waals surface area contributed by atoms with E-state index in [-0.39, 0.29) is 0 Å². The van der Waals surface area contributed by atoms with Crippen LogP contribution in [-0.2, 0) is 6.42 Å². The van der Waals surface area contributed by atoms with Crippen LogP contribution in [0.15, 0.2) is 47.3 Å². The molecule has 0 bridgehead atoms. The fraction of sp³-hybridized carbons (Fsp3) is 0.350. The molecule has 1 aromatic carbocycles. The maximum atomic E-state index is 6.04. The second-order valence-electron chi connectivity index (χ2n) is 6.64. The van der Waals surface area contributed by atoms with Crippen molar-refractivity contribution in [1.29, 1.82) is 0 Å². The van der Waals surface area contributed by atoms with E-state index in [0.717, 1.165) is 54.0 Å². The van der Waals surface area contributed by atoms with Gasteiger partial charge in [-0.2, -0.15) is 0 Å². The van der Waals surface area contributed by atoms with Crippen molar-refractivity contribution in [3.05, 3.63) is 65.8 Å². The molecule has 6 nitrogen and oxygen atoms in total. The number of ether oxygens (including phenoxy) is 1. The van der Waals surface area contributed by atoms with E-state index in [9.17, 15) is 0 Å². The van der Waals surface area contributed by atoms with Crippen molar-refractivity contribution in [2.24, 2.45) is 0 Å². The highest BCUT2D eigenvalue weighted by Gasteiger charge is 2.28. The van der Waals surface area contributed by atoms with Crippen molar-refractivity contribution in [2.45, 2.75) is 25.7 Å². The number of oxazole rings is 1. The van der Waals surface area contributed by atoms with Crippen LogP contribution in [0.4, 0.5) is 5.82 Å². The fourth-order valence-electron chi connectivity index (χ4n) is 3.36. The van der Waals surface area contributed by atoms with Gasteiger partial charge in [0.05, 0.1) is 19.2 Å². The van der Waals surface area contributed by atoms with Crippen molar-refractivity contribution < 1.29 is 9.15 Å². The Kier molecular flexibility index (Phi) is 4.56. The van der Waals surface area contributed by atoms with E-state index in [4.69, 9.17) is 9.15 Å². The molecule has 1 atom stereocenters. The highest BCUT2D eigenvalue weighted by Crippen LogP contribution is 2.30. The quantitative estimate of drug-likeness (QED) is 0.703. The van der Waals surface area contributed by atoms with Crippen LogP contribution < -0.4 is 9.64 Å². The lowest BCUT2D eigenvalue weighted by atomic mass is 10.1. The Morgan fingerprint density at radius 2 is 2.15 bits per heavy atom. The molecule has 0 aliphatic carbocycles. The molecule has 4 rings (SSSR count). The molecule has 1 aliphatic rings. The van der Waals surface area contributed by atoms with E-state index >= 15 is 0 Å². The molecule has 3 heterocycles. The zero-order valence-electron chi connectivity index (χ0n) is 15.1. The largest absolute Gasteiger partial charge is 0.497 e. The van der Waals surface area contributed by atoms with Gasteiger partial charge in [-0.05, 0) is 31.0 Å². The number of hydrogen-bond acceptors (Lipinski definition) is 6. The molecular formula is C20H22N4O2. The Labute approximate surface area is 152 Å². The topological polar surface area (TPSA) is 64.3 Å². The third-order valence-electron chi connectivity index (χ3n) is 4.73. The number of anilines is 1. The number of aromatic nitrogens is 3. The highest BCUT2D eigenvalue weighted by molar-refractivity contribution is 5.40. The van der Waals surface area contributed by atoms with Gasteiger partial charge in [0.1, 0.15) is 23.7 Å². The number of nitrogens with zero attached hydrogens (tertiary/aromatic N) is 4. The summed E-state index contributed by atoms with van der Waals surface area (Å²) in [5, 5.41) is 0. The average Bonchev–Trinajstić information content (AvgIpc) is 3.31. The van der Waals surface area contributed by atoms with Crippen molar-refractivity contribution >= 4 is 5.82 Å². The number of hydrogen-bond donors (Lipinski definition) is 0. The van der Waals surface area contributed by atoms with Crippen LogP contribution in [0.1, 0.15) is 35.2 Å². The molecule has 1 aliphatic heterocycles. The maximum absolute atomic E-state index is 6.04. The molecular weight excluding hydrogens is 328 g/mol. The first-order chi connectivity index (χ1) is 12.7. The number of benzene rings is 1. The molecule has 134 valence electrons. The summed E-state index contributed by atoms with van der Waals surface area (Å²) >= 11 is 0. The van der Waals surface area contributed by atoms with E-state index in [1.54, 1.807) is 13.4 Å². The summed E-state index contributed by atoms with van der Waals surface area (Å²) in [5.74, 6) is 3.82. The first-order valence-electron chi connectivity index (χ1n) is 8.82. The molecule has 2 aromatic heterocycles. The Hall–Kier alpha value is -2.89. The second-order valence-corrected chi connectivity index (χ2v) is 6.64. The minimum absolute atomic E-state index is 0.296. The number of rotatable bonds is 5. The summed E-state index contributed by atoms with van der Waals surface area (Å²) < 4.78 is 11.3. The van der Waals surface area contributed by atoms with Crippen LogP contribution in [0.3, 0.4) is 0 Å². The standard InChI is InChI=1S/C20H22N4O2/c1-14-8-19(23-13-22-14)24-7-6-16(12-24)20-21-11-18(26-20)10-15-4-3-5-17(9-15)25-2/h3-5,8-9,11,13,16H,6-7,10,12H2,1-2H3. The molecule has 1 fully saturated rings. The van der Waals surface area contributed by atoms with Crippen LogP contribution in [-0.4, -0.2) is 35.2 Å². The zero-order chi connectivity index (χ0) is 17.9. The molecule has 3 aromatic rings. The van der Waals surface area contributed by atoms with Crippen molar-refractivity contribution in [1.82, 2.24) is 15.0 Å². The van der Waals surface area contributed by atoms with Crippen molar-refractivity contribution in [3.8, 4) is 5.75 Å². The van der Waals surface area contributed by atoms with Crippen LogP contribution in [0, 0.1) is 6.92 Å². The molecule has 26 heavy (non-hydrogen) atoms. The van der Waals surface area contributed by atoms with Gasteiger partial charge in [0.25, 0.3) is 0 Å². The molecule has 0 radical (unpaired) electrons. The lowest BCUT2D eigenvalue weighted by molar-refractivity contribution is 0.413. The normalized spacial score (nSPS) is 16.8. The van der Waals surface area contributed by atoms with Gasteiger partial charge >= 0.3 is 0 Å². The average molecular weight is 350 g/mol. The SMILES string of the molecule is COc1cccc(Cc2cnc(C3CCN(c4cc(C)ncn4)C3)o2)c1. The molecule has 0 saturated carbocycles. The minimum atomic E-state index is 0.296. The Morgan fingerprint density at radius 3 is 3.00 bits per heavy atom. The highest BCUT2D eigenvalue weighted by atomic mass is 16.5. The summed E-state index contributed by atoms with van der Waals surface area (Å²) in [5.41, 5.74) is 2.13. The predicted molar refractivity (Wildman–Crippen MR) is 98.6 cm³/mol. The molecule has 0 spiro atoms. The number of aryl methyl sites for hydroxylation is 1. The summed E-state index contributed by atoms with van der Waals surface area (Å²) in [6.45, 7) is 3.81. The predicted octanol–water partition coefficient (Wildman–Crippen LogP) is 3.37. The molecule has 1 saturated heterocycles. The van der Waals surface area contributed by atoms with Crippen LogP contribution in [0.2, 0.25) is 0 Å². The molecule has 1 unspecified atom stereocenters. The van der Waals surface area contributed by atoms with Gasteiger partial charge in [-0.3, -0.25) is 0 Å². The summed E-state index contributed by atoms with van der Waals surface area (Å²) in [6, 6.07) is 10.0. The molecule has 6 heteroatoms. The molecule has 0 N–H and O–H groups in total. The van der Waals surface area contributed by atoms with E-state index in [2.05, 4.69) is 25.9 Å². The van der Waals surface area contributed by atoms with Crippen LogP contribution in [0.25, 0.3) is 0 Å². The fourth-order valence-corrected chi connectivity index (χ4v) is 3.36. The summed E-state index contributed by atoms with van der Waals surface area (Å²) in [4.78, 5) is 15.3. The van der Waals surface area contributed by atoms with Gasteiger partial charge < -0.3 is 14.1 Å². The first-order valence-corrected chi connectivity index (χ1v) is 8.82. The van der Waals surface area contributed by atoms with Gasteiger partial charge in [-0.1, -0.05) is 12.1 Å². The van der Waals surface area contributed by atoms with E-state index in [1.165, 1.54) is 0 Å². The maximum Gasteiger partial charge on any atom is 0.199 e. The van der Waals surface area contributed by atoms with E-state index in [0.29, 0.717) is 12.3 Å². The van der Waals surface area contributed by atoms with Crippen molar-refractivity contribution in [2.75, 3.05) is 25.1 Å². The minimum Gasteiger partial charge on any atom is -0.497 e. The summed E-state index contributed by atoms with van der Waals surface area (Å²) in [6.07, 6.45) is 5.19. The van der Waals surface area contributed by atoms with Gasteiger partial charge in [0.15, 0.2) is 5.89 Å². The third-order valence-corrected chi connectivity index (χ3v) is 4.73. The van der Waals surface area contributed by atoms with E-state index < -0.39 is 0 Å². The van der Waals surface area contributed by atoms with Gasteiger partial charge in [0.2, 0.25) is 0 Å². The Balaban J connectivity index is 1.43. The van der Waals surface area contributed by atoms with Crippen LogP contribution in [0.5, 0.6) is 5.75 Å².